The molecule has 1 aliphatic rings. The molecule has 0 saturated carbocycles. The summed E-state index contributed by atoms with van der Waals surface area (Å²) in [6.45, 7) is 1.65. The monoisotopic (exact) mass is 456 g/mol. The molecule has 3 aromatic carbocycles. The van der Waals surface area contributed by atoms with Crippen LogP contribution in [0.15, 0.2) is 78.9 Å². The highest BCUT2D eigenvalue weighted by Gasteiger charge is 2.31. The Morgan fingerprint density at radius 3 is 2.61 bits per heavy atom. The van der Waals surface area contributed by atoms with Crippen LogP contribution >= 0.6 is 11.6 Å². The molecule has 5 rings (SSSR count). The van der Waals surface area contributed by atoms with Crippen LogP contribution in [-0.4, -0.2) is 29.5 Å². The van der Waals surface area contributed by atoms with Crippen molar-refractivity contribution in [1.29, 1.82) is 0 Å². The summed E-state index contributed by atoms with van der Waals surface area (Å²) in [6.07, 6.45) is 0.784. The molecule has 1 amide bonds. The van der Waals surface area contributed by atoms with Crippen molar-refractivity contribution in [2.24, 2.45) is 0 Å². The number of carbonyl (C=O) groups excluding carboxylic acids is 2. The number of esters is 1. The number of nitrogens with zero attached hydrogens (tertiary/aromatic N) is 2. The maximum atomic E-state index is 13.1. The first-order chi connectivity index (χ1) is 16.0. The van der Waals surface area contributed by atoms with E-state index in [-0.39, 0.29) is 18.6 Å². The SMILES string of the molecule is CC1Cc2ccccc2N1C(=O)COC(=O)c1cc(-c2ccccc2Cl)nc2ccccc12. The first kappa shape index (κ1) is 21.2. The second-order valence-corrected chi connectivity index (χ2v) is 8.48. The number of anilines is 1. The number of para-hydroxylation sites is 2. The van der Waals surface area contributed by atoms with Crippen LogP contribution in [-0.2, 0) is 16.0 Å². The van der Waals surface area contributed by atoms with Crippen LogP contribution in [0, 0.1) is 0 Å². The third-order valence-corrected chi connectivity index (χ3v) is 6.22. The molecule has 1 unspecified atom stereocenters. The van der Waals surface area contributed by atoms with E-state index in [1.807, 2.05) is 73.7 Å². The summed E-state index contributed by atoms with van der Waals surface area (Å²) in [5.74, 6) is -0.819. The van der Waals surface area contributed by atoms with Gasteiger partial charge in [-0.1, -0.05) is 66.2 Å². The van der Waals surface area contributed by atoms with Gasteiger partial charge < -0.3 is 9.64 Å². The van der Waals surface area contributed by atoms with Gasteiger partial charge >= 0.3 is 5.97 Å². The van der Waals surface area contributed by atoms with Gasteiger partial charge in [0, 0.05) is 27.7 Å². The fourth-order valence-corrected chi connectivity index (χ4v) is 4.60. The van der Waals surface area contributed by atoms with Gasteiger partial charge in [-0.15, -0.1) is 0 Å². The van der Waals surface area contributed by atoms with Gasteiger partial charge in [-0.05, 0) is 43.2 Å². The highest BCUT2D eigenvalue weighted by molar-refractivity contribution is 6.33. The predicted molar refractivity (Wildman–Crippen MR) is 130 cm³/mol. The Kier molecular flexibility index (Phi) is 5.56. The van der Waals surface area contributed by atoms with Crippen molar-refractivity contribution < 1.29 is 14.3 Å². The summed E-state index contributed by atoms with van der Waals surface area (Å²) in [5.41, 5.74) is 4.28. The van der Waals surface area contributed by atoms with Gasteiger partial charge in [-0.25, -0.2) is 9.78 Å². The number of hydrogen-bond donors (Lipinski definition) is 0. The van der Waals surface area contributed by atoms with Gasteiger partial charge in [-0.3, -0.25) is 4.79 Å². The molecule has 1 aromatic heterocycles. The Bertz CT molecular complexity index is 1380. The van der Waals surface area contributed by atoms with Crippen LogP contribution in [0.2, 0.25) is 5.02 Å². The van der Waals surface area contributed by atoms with Gasteiger partial charge in [0.05, 0.1) is 16.8 Å². The molecule has 164 valence electrons. The van der Waals surface area contributed by atoms with E-state index in [9.17, 15) is 9.59 Å². The fourth-order valence-electron chi connectivity index (χ4n) is 4.37. The van der Waals surface area contributed by atoms with Gasteiger partial charge in [0.15, 0.2) is 6.61 Å². The molecular formula is C27H21ClN2O3. The van der Waals surface area contributed by atoms with Crippen LogP contribution in [0.4, 0.5) is 5.69 Å². The Balaban J connectivity index is 1.43. The predicted octanol–water partition coefficient (Wildman–Crippen LogP) is 5.69. The number of hydrogen-bond acceptors (Lipinski definition) is 4. The summed E-state index contributed by atoms with van der Waals surface area (Å²) < 4.78 is 5.50. The lowest BCUT2D eigenvalue weighted by atomic mass is 10.0. The number of pyridine rings is 1. The number of aromatic nitrogens is 1. The molecule has 0 radical (unpaired) electrons. The van der Waals surface area contributed by atoms with Gasteiger partial charge in [-0.2, -0.15) is 0 Å². The minimum atomic E-state index is -0.574. The van der Waals surface area contributed by atoms with Crippen molar-refractivity contribution in [1.82, 2.24) is 4.98 Å². The summed E-state index contributed by atoms with van der Waals surface area (Å²) in [6, 6.07) is 24.2. The lowest BCUT2D eigenvalue weighted by Crippen LogP contribution is -2.38. The molecule has 0 saturated heterocycles. The van der Waals surface area contributed by atoms with Crippen molar-refractivity contribution in [3.63, 3.8) is 0 Å². The number of fused-ring (bicyclic) bond motifs is 2. The van der Waals surface area contributed by atoms with E-state index in [1.54, 1.807) is 17.0 Å². The van der Waals surface area contributed by atoms with Crippen molar-refractivity contribution in [2.75, 3.05) is 11.5 Å². The molecule has 0 aliphatic carbocycles. The van der Waals surface area contributed by atoms with E-state index in [4.69, 9.17) is 16.3 Å². The zero-order valence-corrected chi connectivity index (χ0v) is 18.8. The van der Waals surface area contributed by atoms with E-state index in [0.29, 0.717) is 27.2 Å². The average molecular weight is 457 g/mol. The minimum Gasteiger partial charge on any atom is -0.452 e. The first-order valence-electron chi connectivity index (χ1n) is 10.7. The molecule has 4 aromatic rings. The second-order valence-electron chi connectivity index (χ2n) is 8.07. The smallest absolute Gasteiger partial charge is 0.339 e. The number of benzene rings is 3. The van der Waals surface area contributed by atoms with E-state index >= 15 is 0 Å². The van der Waals surface area contributed by atoms with E-state index in [2.05, 4.69) is 4.98 Å². The molecule has 5 nitrogen and oxygen atoms in total. The summed E-state index contributed by atoms with van der Waals surface area (Å²) in [4.78, 5) is 32.5. The fraction of sp³-hybridized carbons (Fsp3) is 0.148. The molecule has 1 atom stereocenters. The molecule has 0 bridgehead atoms. The number of carbonyl (C=O) groups is 2. The number of rotatable bonds is 4. The van der Waals surface area contributed by atoms with E-state index < -0.39 is 5.97 Å². The van der Waals surface area contributed by atoms with Gasteiger partial charge in [0.25, 0.3) is 5.91 Å². The van der Waals surface area contributed by atoms with Crippen LogP contribution in [0.5, 0.6) is 0 Å². The van der Waals surface area contributed by atoms with Gasteiger partial charge in [0.1, 0.15) is 0 Å². The van der Waals surface area contributed by atoms with Crippen LogP contribution in [0.1, 0.15) is 22.8 Å². The van der Waals surface area contributed by atoms with Crippen LogP contribution in [0.3, 0.4) is 0 Å². The van der Waals surface area contributed by atoms with Crippen molar-refractivity contribution in [3.05, 3.63) is 95.0 Å². The summed E-state index contributed by atoms with van der Waals surface area (Å²) in [7, 11) is 0. The maximum absolute atomic E-state index is 13.1. The molecular weight excluding hydrogens is 436 g/mol. The van der Waals surface area contributed by atoms with Crippen LogP contribution < -0.4 is 4.90 Å². The Labute approximate surface area is 196 Å². The molecule has 0 N–H and O–H groups in total. The number of ether oxygens (including phenoxy) is 1. The standard InChI is InChI=1S/C27H21ClN2O3/c1-17-14-18-8-2-7-13-25(18)30(17)26(31)16-33-27(32)21-15-24(20-10-3-5-11-22(20)28)29-23-12-6-4-9-19(21)23/h2-13,15,17H,14,16H2,1H3. The Morgan fingerprint density at radius 1 is 1.03 bits per heavy atom. The summed E-state index contributed by atoms with van der Waals surface area (Å²) >= 11 is 6.37. The topological polar surface area (TPSA) is 59.5 Å². The highest BCUT2D eigenvalue weighted by Crippen LogP contribution is 2.32. The summed E-state index contributed by atoms with van der Waals surface area (Å²) in [5, 5.41) is 1.20. The van der Waals surface area contributed by atoms with Crippen LogP contribution in [0.25, 0.3) is 22.2 Å². The van der Waals surface area contributed by atoms with E-state index in [1.165, 1.54) is 0 Å². The van der Waals surface area contributed by atoms with E-state index in [0.717, 1.165) is 23.2 Å². The molecule has 0 spiro atoms. The maximum Gasteiger partial charge on any atom is 0.339 e. The molecule has 2 heterocycles. The average Bonchev–Trinajstić information content (AvgIpc) is 3.17. The minimum absolute atomic E-state index is 0.0159. The lowest BCUT2D eigenvalue weighted by Gasteiger charge is -2.22. The molecule has 6 heteroatoms. The van der Waals surface area contributed by atoms with Gasteiger partial charge in [0.2, 0.25) is 0 Å². The Morgan fingerprint density at radius 2 is 1.76 bits per heavy atom. The quantitative estimate of drug-likeness (QED) is 0.370. The number of amides is 1. The Hall–Kier alpha value is -3.70. The molecule has 33 heavy (non-hydrogen) atoms. The largest absolute Gasteiger partial charge is 0.452 e. The zero-order valence-electron chi connectivity index (χ0n) is 18.0. The highest BCUT2D eigenvalue weighted by atomic mass is 35.5. The van der Waals surface area contributed by atoms with Crippen molar-refractivity contribution in [2.45, 2.75) is 19.4 Å². The zero-order chi connectivity index (χ0) is 22.9. The normalized spacial score (nSPS) is 14.8. The lowest BCUT2D eigenvalue weighted by molar-refractivity contribution is -0.122. The number of halogens is 1. The third kappa shape index (κ3) is 3.96. The molecule has 0 fully saturated rings. The second kappa shape index (κ2) is 8.68. The molecule has 1 aliphatic heterocycles. The first-order valence-corrected chi connectivity index (χ1v) is 11.1. The van der Waals surface area contributed by atoms with Crippen molar-refractivity contribution in [3.8, 4) is 11.3 Å². The van der Waals surface area contributed by atoms with Crippen molar-refractivity contribution >= 4 is 40.1 Å². The third-order valence-electron chi connectivity index (χ3n) is 5.89.